The molecule has 4 saturated heterocycles. The van der Waals surface area contributed by atoms with Crippen molar-refractivity contribution < 1.29 is 42.0 Å². The number of carbonyl (C=O) groups is 4. The van der Waals surface area contributed by atoms with E-state index in [1.807, 2.05) is 0 Å². The van der Waals surface area contributed by atoms with E-state index in [0.29, 0.717) is 17.7 Å². The zero-order chi connectivity index (χ0) is 39.7. The minimum Gasteiger partial charge on any atom is -0.497 e. The lowest BCUT2D eigenvalue weighted by Gasteiger charge is -2.67. The van der Waals surface area contributed by atoms with Gasteiger partial charge in [0.25, 0.3) is 21.6 Å². The molecule has 3 aromatic carbocycles. The summed E-state index contributed by atoms with van der Waals surface area (Å²) in [6.45, 7) is 8.03. The van der Waals surface area contributed by atoms with E-state index >= 15 is 22.8 Å². The normalized spacial score (nSPS) is 30.5. The quantitative estimate of drug-likeness (QED) is 0.202. The standard InChI is InChI=1S/C39H41N5O10S/c1-23(45)38-32-37(26-12-7-8-13-27(26)43(32)55(51,52)29-15-10-9-14-28(29)44(49)50)30(31(46)40-35(2,3)4)41(22-24-16-18-25(53-6)19-17-24)33(47)36(5)20-11-21-42(34(38)48)39(36,37)54-38/h7-10,12-19,30,32H,11,20-22H2,1-6H3,(H,40,46)/t30-,32-,36+,37-,38+,39-/m0/s1. The summed E-state index contributed by atoms with van der Waals surface area (Å²) >= 11 is 0. The Morgan fingerprint density at radius 3 is 2.31 bits per heavy atom. The predicted molar refractivity (Wildman–Crippen MR) is 196 cm³/mol. The molecule has 3 amide bonds. The van der Waals surface area contributed by atoms with Crippen LogP contribution in [-0.4, -0.2) is 89.2 Å². The molecule has 15 nitrogen and oxygen atoms in total. The minimum atomic E-state index is -5.04. The fourth-order valence-corrected chi connectivity index (χ4v) is 12.2. The second-order valence-electron chi connectivity index (χ2n) is 16.2. The Morgan fingerprint density at radius 2 is 1.67 bits per heavy atom. The monoisotopic (exact) mass is 771 g/mol. The molecule has 6 atom stereocenters. The number of nitro benzene ring substituents is 1. The summed E-state index contributed by atoms with van der Waals surface area (Å²) in [5.74, 6) is -2.27. The number of ether oxygens (including phenoxy) is 2. The summed E-state index contributed by atoms with van der Waals surface area (Å²) < 4.78 is 43.9. The van der Waals surface area contributed by atoms with Crippen molar-refractivity contribution in [2.24, 2.45) is 5.41 Å². The Labute approximate surface area is 317 Å². The molecule has 5 heterocycles. The summed E-state index contributed by atoms with van der Waals surface area (Å²) in [6, 6.07) is 14.8. The van der Waals surface area contributed by atoms with Gasteiger partial charge in [-0.25, -0.2) is 8.42 Å². The van der Waals surface area contributed by atoms with E-state index in [1.165, 1.54) is 35.1 Å². The molecule has 8 rings (SSSR count). The molecule has 2 bridgehead atoms. The van der Waals surface area contributed by atoms with Gasteiger partial charge >= 0.3 is 0 Å². The summed E-state index contributed by atoms with van der Waals surface area (Å²) in [6.07, 6.45) is 0.521. The number of fused-ring (bicyclic) bond motifs is 3. The fourth-order valence-electron chi connectivity index (χ4n) is 10.3. The number of ketones is 1. The first-order valence-corrected chi connectivity index (χ1v) is 19.5. The highest BCUT2D eigenvalue weighted by molar-refractivity contribution is 7.93. The molecule has 55 heavy (non-hydrogen) atoms. The number of hydrogen-bond acceptors (Lipinski definition) is 10. The third-order valence-electron chi connectivity index (χ3n) is 12.1. The number of methoxy groups -OCH3 is 1. The third kappa shape index (κ3) is 4.31. The van der Waals surface area contributed by atoms with Crippen LogP contribution in [0, 0.1) is 15.5 Å². The van der Waals surface area contributed by atoms with Crippen molar-refractivity contribution in [2.45, 2.75) is 93.3 Å². The van der Waals surface area contributed by atoms with Gasteiger partial charge in [0.2, 0.25) is 17.4 Å². The van der Waals surface area contributed by atoms with Crippen LogP contribution in [0.5, 0.6) is 5.75 Å². The van der Waals surface area contributed by atoms with Crippen molar-refractivity contribution >= 4 is 44.9 Å². The Morgan fingerprint density at radius 1 is 1.02 bits per heavy atom. The zero-order valence-corrected chi connectivity index (χ0v) is 32.0. The molecule has 5 aliphatic heterocycles. The number of anilines is 1. The number of nitro groups is 1. The minimum absolute atomic E-state index is 0.00818. The number of sulfonamides is 1. The van der Waals surface area contributed by atoms with Crippen LogP contribution in [0.1, 0.15) is 58.6 Å². The van der Waals surface area contributed by atoms with Gasteiger partial charge in [0, 0.05) is 24.7 Å². The maximum absolute atomic E-state index is 15.5. The number of hydrogen-bond donors (Lipinski definition) is 1. The third-order valence-corrected chi connectivity index (χ3v) is 13.9. The van der Waals surface area contributed by atoms with Gasteiger partial charge in [-0.2, -0.15) is 0 Å². The molecule has 0 saturated carbocycles. The number of amides is 3. The van der Waals surface area contributed by atoms with Gasteiger partial charge in [0.1, 0.15) is 23.2 Å². The second kappa shape index (κ2) is 11.6. The summed E-state index contributed by atoms with van der Waals surface area (Å²) in [7, 11) is -3.52. The van der Waals surface area contributed by atoms with Crippen LogP contribution in [0.25, 0.3) is 0 Å². The molecule has 3 aromatic rings. The zero-order valence-electron chi connectivity index (χ0n) is 31.2. The van der Waals surface area contributed by atoms with E-state index in [0.717, 1.165) is 23.4 Å². The van der Waals surface area contributed by atoms with Gasteiger partial charge in [0.15, 0.2) is 16.4 Å². The number of nitrogens with one attached hydrogen (secondary N) is 1. The molecule has 0 aliphatic carbocycles. The van der Waals surface area contributed by atoms with Crippen LogP contribution < -0.4 is 14.4 Å². The molecule has 4 fully saturated rings. The SMILES string of the molecule is COc1ccc(CN2C(=O)[C@@]3(C)CCCN4C(=O)[C@]5(C(C)=O)O[C@@]43[C@@]3(c4ccccc4N(S(=O)(=O)c4ccccc4[N+](=O)[O-])[C@H]53)[C@@H]2C(=O)NC(C)(C)C)cc1. The van der Waals surface area contributed by atoms with Crippen LogP contribution in [0.3, 0.4) is 0 Å². The van der Waals surface area contributed by atoms with Crippen molar-refractivity contribution in [1.29, 1.82) is 0 Å². The Kier molecular flexibility index (Phi) is 7.71. The molecule has 5 aliphatic rings. The predicted octanol–water partition coefficient (Wildman–Crippen LogP) is 3.44. The van der Waals surface area contributed by atoms with Crippen LogP contribution in [-0.2, 0) is 45.9 Å². The maximum atomic E-state index is 15.5. The lowest BCUT2D eigenvalue weighted by atomic mass is 9.48. The van der Waals surface area contributed by atoms with Crippen LogP contribution in [0.15, 0.2) is 77.7 Å². The molecule has 1 N–H and O–H groups in total. The highest BCUT2D eigenvalue weighted by atomic mass is 32.2. The largest absolute Gasteiger partial charge is 0.497 e. The van der Waals surface area contributed by atoms with Gasteiger partial charge < -0.3 is 24.6 Å². The molecule has 288 valence electrons. The number of para-hydroxylation sites is 2. The first-order valence-electron chi connectivity index (χ1n) is 18.0. The Hall–Kier alpha value is -5.35. The smallest absolute Gasteiger partial charge is 0.289 e. The second-order valence-corrected chi connectivity index (χ2v) is 18.0. The van der Waals surface area contributed by atoms with Gasteiger partial charge in [0.05, 0.1) is 23.1 Å². The van der Waals surface area contributed by atoms with Crippen molar-refractivity contribution in [3.05, 3.63) is 94.0 Å². The number of benzene rings is 3. The summed E-state index contributed by atoms with van der Waals surface area (Å²) in [5, 5.41) is 15.4. The number of likely N-dealkylation sites (tertiary alicyclic amines) is 1. The van der Waals surface area contributed by atoms with Crippen LogP contribution in [0.4, 0.5) is 11.4 Å². The molecule has 0 unspecified atom stereocenters. The van der Waals surface area contributed by atoms with E-state index in [9.17, 15) is 14.9 Å². The number of carbonyl (C=O) groups excluding carboxylic acids is 4. The molecule has 2 spiro atoms. The summed E-state index contributed by atoms with van der Waals surface area (Å²) in [4.78, 5) is 74.0. The van der Waals surface area contributed by atoms with E-state index in [4.69, 9.17) is 9.47 Å². The van der Waals surface area contributed by atoms with Crippen molar-refractivity contribution in [3.63, 3.8) is 0 Å². The van der Waals surface area contributed by atoms with Crippen LogP contribution >= 0.6 is 0 Å². The van der Waals surface area contributed by atoms with Crippen LogP contribution in [0.2, 0.25) is 0 Å². The average Bonchev–Trinajstić information content (AvgIpc) is 3.71. The molecular weight excluding hydrogens is 731 g/mol. The first kappa shape index (κ1) is 36.6. The van der Waals surface area contributed by atoms with E-state index < -0.39 is 88.8 Å². The number of Topliss-reactive ketones (excluding diaryl/α,β-unsaturated/α-hetero) is 1. The number of piperidine rings is 3. The Bertz CT molecular complexity index is 2330. The van der Waals surface area contributed by atoms with E-state index in [-0.39, 0.29) is 30.8 Å². The lowest BCUT2D eigenvalue weighted by molar-refractivity contribution is -0.387. The topological polar surface area (TPSA) is 186 Å². The summed E-state index contributed by atoms with van der Waals surface area (Å²) in [5.41, 5.74) is -8.90. The molecule has 0 aromatic heterocycles. The van der Waals surface area contributed by atoms with Crippen molar-refractivity contribution in [3.8, 4) is 5.75 Å². The van der Waals surface area contributed by atoms with Crippen molar-refractivity contribution in [2.75, 3.05) is 18.0 Å². The van der Waals surface area contributed by atoms with Gasteiger partial charge in [-0.15, -0.1) is 0 Å². The van der Waals surface area contributed by atoms with E-state index in [2.05, 4.69) is 5.32 Å². The van der Waals surface area contributed by atoms with E-state index in [1.54, 1.807) is 70.2 Å². The average molecular weight is 772 g/mol. The highest BCUT2D eigenvalue weighted by Crippen LogP contribution is 2.76. The van der Waals surface area contributed by atoms with Gasteiger partial charge in [-0.1, -0.05) is 42.5 Å². The van der Waals surface area contributed by atoms with Crippen molar-refractivity contribution in [1.82, 2.24) is 15.1 Å². The Balaban J connectivity index is 1.52. The number of rotatable bonds is 8. The fraction of sp³-hybridized carbons (Fsp3) is 0.436. The highest BCUT2D eigenvalue weighted by Gasteiger charge is 2.96. The lowest BCUT2D eigenvalue weighted by Crippen LogP contribution is -2.87. The van der Waals surface area contributed by atoms with Gasteiger partial charge in [-0.05, 0) is 82.9 Å². The molecule has 16 heteroatoms. The molecule has 0 radical (unpaired) electrons. The molecular formula is C39H41N5O10S. The number of nitrogens with zero attached hydrogens (tertiary/aromatic N) is 4. The van der Waals surface area contributed by atoms with Gasteiger partial charge in [-0.3, -0.25) is 33.6 Å². The maximum Gasteiger partial charge on any atom is 0.289 e. The first-order chi connectivity index (χ1) is 25.9.